The van der Waals surface area contributed by atoms with E-state index in [4.69, 9.17) is 0 Å². The number of nitrogens with one attached hydrogen (secondary N) is 2. The second-order valence-corrected chi connectivity index (χ2v) is 8.46. The van der Waals surface area contributed by atoms with Crippen LogP contribution in [0.25, 0.3) is 0 Å². The quantitative estimate of drug-likeness (QED) is 0.609. The molecule has 1 aromatic carbocycles. The number of carbonyl (C=O) groups is 1. The molecule has 0 radical (unpaired) electrons. The normalized spacial score (nSPS) is 15.9. The third kappa shape index (κ3) is 5.65. The number of amides is 1. The molecule has 28 heavy (non-hydrogen) atoms. The number of carbonyl (C=O) groups excluding carboxylic acids is 1. The Balaban J connectivity index is 1.33. The molecule has 2 heterocycles. The Morgan fingerprint density at radius 3 is 2.50 bits per heavy atom. The highest BCUT2D eigenvalue weighted by molar-refractivity contribution is 9.10. The van der Waals surface area contributed by atoms with Crippen molar-refractivity contribution in [1.29, 1.82) is 0 Å². The maximum atomic E-state index is 12.3. The van der Waals surface area contributed by atoms with Crippen LogP contribution >= 0.6 is 15.9 Å². The molecule has 0 bridgehead atoms. The third-order valence-electron chi connectivity index (χ3n) is 5.18. The zero-order chi connectivity index (χ0) is 19.9. The molecule has 0 atom stereocenters. The summed E-state index contributed by atoms with van der Waals surface area (Å²) in [5.41, 5.74) is 2.78. The number of hydrogen-bond acceptors (Lipinski definition) is 4. The van der Waals surface area contributed by atoms with Crippen LogP contribution in [0.2, 0.25) is 0 Å². The van der Waals surface area contributed by atoms with Gasteiger partial charge in [0.25, 0.3) is 5.91 Å². The summed E-state index contributed by atoms with van der Waals surface area (Å²) in [7, 11) is 0. The molecule has 0 saturated carbocycles. The summed E-state index contributed by atoms with van der Waals surface area (Å²) < 4.78 is 0.773. The predicted molar refractivity (Wildman–Crippen MR) is 115 cm³/mol. The SMILES string of the molecule is CC(C)c1[nH]nc(C(=O)NCCCN2CCN(Cc3ccccc3)CC2)c1Br. The van der Waals surface area contributed by atoms with Gasteiger partial charge >= 0.3 is 0 Å². The van der Waals surface area contributed by atoms with Crippen LogP contribution in [0.5, 0.6) is 0 Å². The molecule has 152 valence electrons. The van der Waals surface area contributed by atoms with Crippen molar-refractivity contribution < 1.29 is 4.79 Å². The number of aromatic amines is 1. The Morgan fingerprint density at radius 2 is 1.86 bits per heavy atom. The molecule has 1 aliphatic heterocycles. The third-order valence-corrected chi connectivity index (χ3v) is 5.98. The molecule has 1 aromatic heterocycles. The summed E-state index contributed by atoms with van der Waals surface area (Å²) in [4.78, 5) is 17.3. The van der Waals surface area contributed by atoms with E-state index in [0.29, 0.717) is 18.2 Å². The lowest BCUT2D eigenvalue weighted by molar-refractivity contribution is 0.0941. The number of halogens is 1. The van der Waals surface area contributed by atoms with Gasteiger partial charge in [-0.2, -0.15) is 5.10 Å². The van der Waals surface area contributed by atoms with Crippen LogP contribution in [-0.2, 0) is 6.54 Å². The molecule has 0 unspecified atom stereocenters. The first-order chi connectivity index (χ1) is 13.5. The zero-order valence-corrected chi connectivity index (χ0v) is 18.3. The number of hydrogen-bond donors (Lipinski definition) is 2. The van der Waals surface area contributed by atoms with E-state index in [1.807, 2.05) is 0 Å². The highest BCUT2D eigenvalue weighted by Crippen LogP contribution is 2.25. The van der Waals surface area contributed by atoms with Crippen LogP contribution in [0.4, 0.5) is 0 Å². The van der Waals surface area contributed by atoms with Crippen molar-refractivity contribution in [2.24, 2.45) is 0 Å². The second-order valence-electron chi connectivity index (χ2n) is 7.67. The van der Waals surface area contributed by atoms with Gasteiger partial charge in [-0.3, -0.25) is 14.8 Å². The van der Waals surface area contributed by atoms with Gasteiger partial charge in [-0.15, -0.1) is 0 Å². The highest BCUT2D eigenvalue weighted by Gasteiger charge is 2.19. The standard InChI is InChI=1S/C21H30BrN5O/c1-16(2)19-18(22)20(25-24-19)21(28)23-9-6-10-26-11-13-27(14-12-26)15-17-7-4-3-5-8-17/h3-5,7-8,16H,6,9-15H2,1-2H3,(H,23,28)(H,24,25). The van der Waals surface area contributed by atoms with E-state index in [2.05, 4.69) is 85.4 Å². The first-order valence-electron chi connectivity index (χ1n) is 10.0. The van der Waals surface area contributed by atoms with E-state index in [1.165, 1.54) is 5.56 Å². The Kier molecular flexibility index (Phi) is 7.65. The summed E-state index contributed by atoms with van der Waals surface area (Å²) >= 11 is 3.49. The molecule has 2 aromatic rings. The smallest absolute Gasteiger partial charge is 0.272 e. The number of rotatable bonds is 8. The summed E-state index contributed by atoms with van der Waals surface area (Å²) in [6, 6.07) is 10.7. The predicted octanol–water partition coefficient (Wildman–Crippen LogP) is 3.23. The van der Waals surface area contributed by atoms with Gasteiger partial charge in [0.2, 0.25) is 0 Å². The first kappa shape index (κ1) is 21.0. The van der Waals surface area contributed by atoms with Gasteiger partial charge in [-0.1, -0.05) is 44.2 Å². The van der Waals surface area contributed by atoms with Crippen molar-refractivity contribution in [3.63, 3.8) is 0 Å². The van der Waals surface area contributed by atoms with Crippen LogP contribution in [0.15, 0.2) is 34.8 Å². The molecule has 2 N–H and O–H groups in total. The largest absolute Gasteiger partial charge is 0.351 e. The fourth-order valence-corrected chi connectivity index (χ4v) is 4.29. The minimum Gasteiger partial charge on any atom is -0.351 e. The van der Waals surface area contributed by atoms with E-state index in [0.717, 1.165) is 55.9 Å². The van der Waals surface area contributed by atoms with Crippen molar-refractivity contribution in [3.05, 3.63) is 51.8 Å². The van der Waals surface area contributed by atoms with Crippen LogP contribution in [0.3, 0.4) is 0 Å². The Morgan fingerprint density at radius 1 is 1.18 bits per heavy atom. The molecular formula is C21H30BrN5O. The van der Waals surface area contributed by atoms with E-state index in [9.17, 15) is 4.79 Å². The number of piperazine rings is 1. The summed E-state index contributed by atoms with van der Waals surface area (Å²) in [6.07, 6.45) is 0.948. The van der Waals surface area contributed by atoms with Crippen LogP contribution < -0.4 is 5.32 Å². The zero-order valence-electron chi connectivity index (χ0n) is 16.7. The van der Waals surface area contributed by atoms with Crippen molar-refractivity contribution in [1.82, 2.24) is 25.3 Å². The average Bonchev–Trinajstić information content (AvgIpc) is 3.09. The minimum absolute atomic E-state index is 0.122. The number of H-pyrrole nitrogens is 1. The number of benzene rings is 1. The average molecular weight is 448 g/mol. The molecule has 1 fully saturated rings. The van der Waals surface area contributed by atoms with E-state index < -0.39 is 0 Å². The molecule has 6 nitrogen and oxygen atoms in total. The lowest BCUT2D eigenvalue weighted by Crippen LogP contribution is -2.46. The van der Waals surface area contributed by atoms with Gasteiger partial charge in [-0.05, 0) is 40.4 Å². The minimum atomic E-state index is -0.122. The molecule has 1 aliphatic rings. The van der Waals surface area contributed by atoms with Crippen molar-refractivity contribution >= 4 is 21.8 Å². The first-order valence-corrected chi connectivity index (χ1v) is 10.8. The maximum Gasteiger partial charge on any atom is 0.272 e. The van der Waals surface area contributed by atoms with E-state index >= 15 is 0 Å². The lowest BCUT2D eigenvalue weighted by atomic mass is 10.1. The summed E-state index contributed by atoms with van der Waals surface area (Å²) in [5, 5.41) is 10.1. The monoisotopic (exact) mass is 447 g/mol. The number of nitrogens with zero attached hydrogens (tertiary/aromatic N) is 3. The van der Waals surface area contributed by atoms with Crippen molar-refractivity contribution in [3.8, 4) is 0 Å². The van der Waals surface area contributed by atoms with Crippen molar-refractivity contribution in [2.75, 3.05) is 39.3 Å². The molecule has 1 saturated heterocycles. The van der Waals surface area contributed by atoms with E-state index in [1.54, 1.807) is 0 Å². The van der Waals surface area contributed by atoms with Crippen LogP contribution in [0, 0.1) is 0 Å². The number of aromatic nitrogens is 2. The van der Waals surface area contributed by atoms with Gasteiger partial charge in [-0.25, -0.2) is 0 Å². The Labute approximate surface area is 175 Å². The summed E-state index contributed by atoms with van der Waals surface area (Å²) in [6.45, 7) is 11.2. The topological polar surface area (TPSA) is 64.3 Å². The fraction of sp³-hybridized carbons (Fsp3) is 0.524. The lowest BCUT2D eigenvalue weighted by Gasteiger charge is -2.34. The van der Waals surface area contributed by atoms with Gasteiger partial charge in [0, 0.05) is 39.3 Å². The summed E-state index contributed by atoms with van der Waals surface area (Å²) in [5.74, 6) is 0.173. The fourth-order valence-electron chi connectivity index (χ4n) is 3.48. The van der Waals surface area contributed by atoms with Gasteiger partial charge in [0.1, 0.15) is 0 Å². The van der Waals surface area contributed by atoms with Gasteiger partial charge < -0.3 is 10.2 Å². The van der Waals surface area contributed by atoms with Gasteiger partial charge in [0.05, 0.1) is 10.2 Å². The Bertz CT molecular complexity index is 753. The van der Waals surface area contributed by atoms with Crippen LogP contribution in [-0.4, -0.2) is 65.2 Å². The molecular weight excluding hydrogens is 418 g/mol. The maximum absolute atomic E-state index is 12.3. The van der Waals surface area contributed by atoms with Gasteiger partial charge in [0.15, 0.2) is 5.69 Å². The second kappa shape index (κ2) is 10.2. The molecule has 1 amide bonds. The van der Waals surface area contributed by atoms with E-state index in [-0.39, 0.29) is 5.91 Å². The highest BCUT2D eigenvalue weighted by atomic mass is 79.9. The molecule has 7 heteroatoms. The van der Waals surface area contributed by atoms with Crippen LogP contribution in [0.1, 0.15) is 47.9 Å². The Hall–Kier alpha value is -1.70. The van der Waals surface area contributed by atoms with Crippen molar-refractivity contribution in [2.45, 2.75) is 32.7 Å². The molecule has 3 rings (SSSR count). The molecule has 0 spiro atoms. The molecule has 0 aliphatic carbocycles.